The maximum Gasteiger partial charge on any atom is 0.295 e. The molecule has 9 heteroatoms. The third kappa shape index (κ3) is 5.86. The molecule has 0 radical (unpaired) electrons. The van der Waals surface area contributed by atoms with Crippen LogP contribution in [-0.4, -0.2) is 72.6 Å². The average Bonchev–Trinajstić information content (AvgIpc) is 3.14. The molecule has 4 rings (SSSR count). The molecule has 192 valence electrons. The predicted molar refractivity (Wildman–Crippen MR) is 140 cm³/mol. The Morgan fingerprint density at radius 1 is 1.06 bits per heavy atom. The fourth-order valence-corrected chi connectivity index (χ4v) is 4.82. The molecule has 7 nitrogen and oxygen atoms in total. The molecular formula is C27H30Cl2N2O5. The summed E-state index contributed by atoms with van der Waals surface area (Å²) < 4.78 is 11.0. The number of Topliss-reactive ketones (excluding diaryl/α,β-unsaturated/α-hetero) is 1. The van der Waals surface area contributed by atoms with Gasteiger partial charge in [0.15, 0.2) is 0 Å². The number of hydrogen-bond acceptors (Lipinski definition) is 6. The maximum absolute atomic E-state index is 13.2. The number of halogens is 2. The van der Waals surface area contributed by atoms with Gasteiger partial charge in [0, 0.05) is 31.7 Å². The molecule has 2 heterocycles. The molecule has 0 spiro atoms. The summed E-state index contributed by atoms with van der Waals surface area (Å²) in [5.74, 6) is -0.932. The Labute approximate surface area is 221 Å². The molecule has 1 amide bonds. The standard InChI is InChI=1S/C27H30Cl2N2O5/c1-2-14-36-20-7-4-18(5-8-20)25(32)23-24(19-6-9-21(28)22(29)17-19)31(27(34)26(23)33)11-3-10-30-12-15-35-16-13-30/h4-9,17,24,32H,2-3,10-16H2,1H3/b25-23-. The number of benzene rings is 2. The van der Waals surface area contributed by atoms with Crippen LogP contribution in [0.15, 0.2) is 48.0 Å². The molecule has 2 saturated heterocycles. The maximum atomic E-state index is 13.2. The Morgan fingerprint density at radius 2 is 1.78 bits per heavy atom. The van der Waals surface area contributed by atoms with Crippen LogP contribution in [-0.2, 0) is 14.3 Å². The number of carbonyl (C=O) groups is 2. The van der Waals surface area contributed by atoms with Crippen LogP contribution >= 0.6 is 23.2 Å². The van der Waals surface area contributed by atoms with Gasteiger partial charge in [-0.2, -0.15) is 0 Å². The summed E-state index contributed by atoms with van der Waals surface area (Å²) in [7, 11) is 0. The van der Waals surface area contributed by atoms with Crippen molar-refractivity contribution in [3.63, 3.8) is 0 Å². The van der Waals surface area contributed by atoms with Crippen molar-refractivity contribution in [3.8, 4) is 5.75 Å². The van der Waals surface area contributed by atoms with E-state index in [2.05, 4.69) is 4.90 Å². The first-order valence-electron chi connectivity index (χ1n) is 12.2. The molecule has 2 aliphatic heterocycles. The number of rotatable bonds is 9. The van der Waals surface area contributed by atoms with Crippen LogP contribution < -0.4 is 4.74 Å². The van der Waals surface area contributed by atoms with Crippen LogP contribution in [0.2, 0.25) is 10.0 Å². The number of aliphatic hydroxyl groups excluding tert-OH is 1. The van der Waals surface area contributed by atoms with Gasteiger partial charge in [-0.15, -0.1) is 0 Å². The molecule has 2 aromatic carbocycles. The molecule has 0 saturated carbocycles. The number of nitrogens with zero attached hydrogens (tertiary/aromatic N) is 2. The molecule has 1 unspecified atom stereocenters. The molecule has 0 aromatic heterocycles. The van der Waals surface area contributed by atoms with Gasteiger partial charge in [0.05, 0.1) is 41.5 Å². The van der Waals surface area contributed by atoms with Crippen LogP contribution in [0, 0.1) is 0 Å². The molecule has 1 N–H and O–H groups in total. The molecule has 36 heavy (non-hydrogen) atoms. The van der Waals surface area contributed by atoms with Gasteiger partial charge in [-0.3, -0.25) is 14.5 Å². The average molecular weight is 533 g/mol. The highest BCUT2D eigenvalue weighted by Crippen LogP contribution is 2.41. The van der Waals surface area contributed by atoms with Crippen LogP contribution in [0.4, 0.5) is 0 Å². The minimum absolute atomic E-state index is 0.0342. The van der Waals surface area contributed by atoms with E-state index in [9.17, 15) is 14.7 Å². The van der Waals surface area contributed by atoms with Gasteiger partial charge in [0.25, 0.3) is 11.7 Å². The number of morpholine rings is 1. The molecule has 1 atom stereocenters. The van der Waals surface area contributed by atoms with Crippen LogP contribution in [0.1, 0.15) is 36.9 Å². The van der Waals surface area contributed by atoms with Gasteiger partial charge >= 0.3 is 0 Å². The van der Waals surface area contributed by atoms with Crippen molar-refractivity contribution in [2.75, 3.05) is 46.0 Å². The van der Waals surface area contributed by atoms with E-state index in [0.29, 0.717) is 59.7 Å². The first-order chi connectivity index (χ1) is 17.4. The SMILES string of the molecule is CCCOc1ccc(/C(O)=C2/C(=O)C(=O)N(CCCN3CCOCC3)C2c2ccc(Cl)c(Cl)c2)cc1. The van der Waals surface area contributed by atoms with Gasteiger partial charge in [0.1, 0.15) is 11.5 Å². The quantitative estimate of drug-likeness (QED) is 0.280. The number of hydrogen-bond donors (Lipinski definition) is 1. The molecule has 2 aromatic rings. The van der Waals surface area contributed by atoms with Crippen LogP contribution in [0.3, 0.4) is 0 Å². The van der Waals surface area contributed by atoms with Crippen molar-refractivity contribution in [3.05, 3.63) is 69.2 Å². The van der Waals surface area contributed by atoms with Crippen molar-refractivity contribution in [2.24, 2.45) is 0 Å². The minimum atomic E-state index is -0.777. The van der Waals surface area contributed by atoms with E-state index in [1.807, 2.05) is 6.92 Å². The van der Waals surface area contributed by atoms with Gasteiger partial charge in [-0.05, 0) is 54.8 Å². The third-order valence-corrected chi connectivity index (χ3v) is 7.12. The zero-order valence-electron chi connectivity index (χ0n) is 20.2. The molecule has 0 aliphatic carbocycles. The van der Waals surface area contributed by atoms with Crippen LogP contribution in [0.5, 0.6) is 5.75 Å². The third-order valence-electron chi connectivity index (χ3n) is 6.38. The highest BCUT2D eigenvalue weighted by Gasteiger charge is 2.46. The predicted octanol–water partition coefficient (Wildman–Crippen LogP) is 4.93. The fourth-order valence-electron chi connectivity index (χ4n) is 4.51. The topological polar surface area (TPSA) is 79.3 Å². The number of likely N-dealkylation sites (tertiary alicyclic amines) is 1. The van der Waals surface area contributed by atoms with Crippen molar-refractivity contribution >= 4 is 40.7 Å². The summed E-state index contributed by atoms with van der Waals surface area (Å²) in [4.78, 5) is 30.2. The zero-order valence-corrected chi connectivity index (χ0v) is 21.7. The second-order valence-corrected chi connectivity index (χ2v) is 9.66. The van der Waals surface area contributed by atoms with Crippen molar-refractivity contribution in [1.29, 1.82) is 0 Å². The zero-order chi connectivity index (χ0) is 25.7. The smallest absolute Gasteiger partial charge is 0.295 e. The summed E-state index contributed by atoms with van der Waals surface area (Å²) in [5, 5.41) is 11.9. The Hall–Kier alpha value is -2.58. The summed E-state index contributed by atoms with van der Waals surface area (Å²) in [6, 6.07) is 11.1. The highest BCUT2D eigenvalue weighted by molar-refractivity contribution is 6.46. The van der Waals surface area contributed by atoms with Gasteiger partial charge in [-0.25, -0.2) is 0 Å². The lowest BCUT2D eigenvalue weighted by Gasteiger charge is -2.29. The van der Waals surface area contributed by atoms with E-state index in [4.69, 9.17) is 32.7 Å². The summed E-state index contributed by atoms with van der Waals surface area (Å²) in [6.07, 6.45) is 1.55. The van der Waals surface area contributed by atoms with Gasteiger partial charge in [0.2, 0.25) is 0 Å². The van der Waals surface area contributed by atoms with E-state index in [-0.39, 0.29) is 11.3 Å². The number of ketones is 1. The summed E-state index contributed by atoms with van der Waals surface area (Å²) in [6.45, 7) is 6.79. The Balaban J connectivity index is 1.66. The van der Waals surface area contributed by atoms with E-state index in [1.54, 1.807) is 42.5 Å². The van der Waals surface area contributed by atoms with E-state index < -0.39 is 17.7 Å². The van der Waals surface area contributed by atoms with Crippen molar-refractivity contribution in [1.82, 2.24) is 9.80 Å². The first-order valence-corrected chi connectivity index (χ1v) is 12.9. The molecule has 0 bridgehead atoms. The van der Waals surface area contributed by atoms with Crippen LogP contribution in [0.25, 0.3) is 5.76 Å². The van der Waals surface area contributed by atoms with E-state index >= 15 is 0 Å². The Morgan fingerprint density at radius 3 is 2.44 bits per heavy atom. The Bertz CT molecular complexity index is 1130. The molecule has 2 aliphatic rings. The first kappa shape index (κ1) is 26.5. The lowest BCUT2D eigenvalue weighted by molar-refractivity contribution is -0.140. The van der Waals surface area contributed by atoms with E-state index in [0.717, 1.165) is 26.1 Å². The lowest BCUT2D eigenvalue weighted by Crippen LogP contribution is -2.38. The second kappa shape index (κ2) is 12.1. The summed E-state index contributed by atoms with van der Waals surface area (Å²) >= 11 is 12.4. The monoisotopic (exact) mass is 532 g/mol. The molecule has 2 fully saturated rings. The Kier molecular flexibility index (Phi) is 8.90. The number of ether oxygens (including phenoxy) is 2. The normalized spacial score (nSPS) is 20.2. The number of amides is 1. The largest absolute Gasteiger partial charge is 0.507 e. The second-order valence-electron chi connectivity index (χ2n) is 8.85. The van der Waals surface area contributed by atoms with Gasteiger partial charge < -0.3 is 19.5 Å². The summed E-state index contributed by atoms with van der Waals surface area (Å²) in [5.41, 5.74) is 1.07. The number of aliphatic hydroxyl groups is 1. The van der Waals surface area contributed by atoms with Crippen molar-refractivity contribution < 1.29 is 24.2 Å². The number of carbonyl (C=O) groups excluding carboxylic acids is 2. The highest BCUT2D eigenvalue weighted by atomic mass is 35.5. The van der Waals surface area contributed by atoms with Crippen molar-refractivity contribution in [2.45, 2.75) is 25.8 Å². The lowest BCUT2D eigenvalue weighted by atomic mass is 9.95. The van der Waals surface area contributed by atoms with Gasteiger partial charge in [-0.1, -0.05) is 36.2 Å². The minimum Gasteiger partial charge on any atom is -0.507 e. The van der Waals surface area contributed by atoms with E-state index in [1.165, 1.54) is 4.90 Å². The fraction of sp³-hybridized carbons (Fsp3) is 0.407. The molecular weight excluding hydrogens is 503 g/mol.